The number of aromatic hydroxyl groups is 2. The number of rotatable bonds is 6. The van der Waals surface area contributed by atoms with E-state index in [-0.39, 0.29) is 48.7 Å². The Balaban J connectivity index is 1.63. The van der Waals surface area contributed by atoms with Crippen molar-refractivity contribution in [1.82, 2.24) is 0 Å². The molecule has 2 aromatic rings. The van der Waals surface area contributed by atoms with E-state index in [1.54, 1.807) is 12.1 Å². The highest BCUT2D eigenvalue weighted by molar-refractivity contribution is 6.33. The van der Waals surface area contributed by atoms with Gasteiger partial charge in [0, 0.05) is 11.4 Å². The topological polar surface area (TPSA) is 163 Å². The molecular formula is C26H32N4O8. The maximum atomic E-state index is 13.8. The summed E-state index contributed by atoms with van der Waals surface area (Å²) in [6, 6.07) is 3.75. The first-order valence-corrected chi connectivity index (χ1v) is 12.4. The highest BCUT2D eigenvalue weighted by Gasteiger charge is 2.42. The molecule has 4 unspecified atom stereocenters. The van der Waals surface area contributed by atoms with E-state index in [1.165, 1.54) is 28.2 Å². The van der Waals surface area contributed by atoms with Crippen molar-refractivity contribution in [3.05, 3.63) is 56.9 Å². The molecule has 0 bridgehead atoms. The zero-order valence-electron chi connectivity index (χ0n) is 21.7. The molecule has 0 spiro atoms. The van der Waals surface area contributed by atoms with Crippen molar-refractivity contribution in [1.29, 1.82) is 0 Å². The molecule has 3 aliphatic rings. The molecule has 4 atom stereocenters. The number of nitrogens with zero attached hydrogens (tertiary/aromatic N) is 2. The summed E-state index contributed by atoms with van der Waals surface area (Å²) in [6.07, 6.45) is 0. The van der Waals surface area contributed by atoms with E-state index in [4.69, 9.17) is 9.47 Å². The first-order chi connectivity index (χ1) is 17.8. The van der Waals surface area contributed by atoms with Gasteiger partial charge in [0.25, 0.3) is 0 Å². The van der Waals surface area contributed by atoms with Crippen LogP contribution in [0, 0.1) is 10.4 Å². The summed E-state index contributed by atoms with van der Waals surface area (Å²) in [5.41, 5.74) is 0.0153. The lowest BCUT2D eigenvalue weighted by atomic mass is 9.81. The maximum Gasteiger partial charge on any atom is 0.200 e. The third kappa shape index (κ3) is 4.38. The molecule has 2 aromatic carbocycles. The predicted octanol–water partition coefficient (Wildman–Crippen LogP) is 1.38. The number of hydrogen-bond acceptors (Lipinski definition) is 10. The van der Waals surface area contributed by atoms with E-state index in [2.05, 4.69) is 10.6 Å². The van der Waals surface area contributed by atoms with Gasteiger partial charge in [0.1, 0.15) is 48.9 Å². The number of hydrogen-bond donors (Lipinski definition) is 4. The summed E-state index contributed by atoms with van der Waals surface area (Å²) >= 11 is 0. The van der Waals surface area contributed by atoms with Gasteiger partial charge in [-0.1, -0.05) is 0 Å². The van der Waals surface area contributed by atoms with Gasteiger partial charge in [-0.2, -0.15) is 0 Å². The second kappa shape index (κ2) is 9.19. The molecule has 12 nitrogen and oxygen atoms in total. The first-order valence-electron chi connectivity index (χ1n) is 12.4. The molecule has 0 amide bonds. The number of nitrogens with one attached hydrogen (secondary N) is 2. The van der Waals surface area contributed by atoms with Crippen LogP contribution in [0.3, 0.4) is 0 Å². The van der Waals surface area contributed by atoms with Crippen LogP contribution in [0.15, 0.2) is 24.3 Å². The van der Waals surface area contributed by atoms with Crippen LogP contribution >= 0.6 is 0 Å². The van der Waals surface area contributed by atoms with Gasteiger partial charge in [-0.3, -0.25) is 9.59 Å². The number of quaternary nitrogens is 2. The van der Waals surface area contributed by atoms with Gasteiger partial charge in [-0.05, 0) is 24.3 Å². The number of carbonyl (C=O) groups is 2. The Morgan fingerprint density at radius 2 is 1.05 bits per heavy atom. The van der Waals surface area contributed by atoms with E-state index in [9.17, 15) is 30.2 Å². The number of phenols is 2. The van der Waals surface area contributed by atoms with Crippen LogP contribution < -0.4 is 10.6 Å². The molecule has 2 heterocycles. The summed E-state index contributed by atoms with van der Waals surface area (Å²) in [5.74, 6) is -2.17. The fourth-order valence-corrected chi connectivity index (χ4v) is 5.59. The monoisotopic (exact) mass is 528 g/mol. The van der Waals surface area contributed by atoms with Crippen LogP contribution in [0.25, 0.3) is 0 Å². The highest BCUT2D eigenvalue weighted by atomic mass is 16.6. The SMILES string of the molecule is C[N+](C)([O-])C1COCC1Nc1ccc(NC2COCC2[N+](C)(C)[O-])c2c1C(=O)c1c(O)ccc(O)c1C2=O. The van der Waals surface area contributed by atoms with Gasteiger partial charge < -0.3 is 50.0 Å². The maximum absolute atomic E-state index is 13.8. The van der Waals surface area contributed by atoms with Crippen molar-refractivity contribution >= 4 is 22.9 Å². The van der Waals surface area contributed by atoms with Crippen molar-refractivity contribution in [3.8, 4) is 11.5 Å². The molecule has 204 valence electrons. The molecule has 2 fully saturated rings. The minimum Gasteiger partial charge on any atom is -0.633 e. The second-order valence-corrected chi connectivity index (χ2v) is 11.0. The molecule has 12 heteroatoms. The number of carbonyl (C=O) groups excluding carboxylic acids is 2. The van der Waals surface area contributed by atoms with E-state index in [0.717, 1.165) is 12.1 Å². The third-order valence-electron chi connectivity index (χ3n) is 7.66. The molecule has 1 aliphatic carbocycles. The van der Waals surface area contributed by atoms with Crippen molar-refractivity contribution < 1.29 is 38.6 Å². The predicted molar refractivity (Wildman–Crippen MR) is 138 cm³/mol. The van der Waals surface area contributed by atoms with Crippen LogP contribution in [0.5, 0.6) is 11.5 Å². The van der Waals surface area contributed by atoms with E-state index in [1.807, 2.05) is 0 Å². The van der Waals surface area contributed by atoms with E-state index < -0.39 is 56.5 Å². The van der Waals surface area contributed by atoms with Crippen LogP contribution in [0.1, 0.15) is 31.8 Å². The van der Waals surface area contributed by atoms with Crippen LogP contribution in [-0.4, -0.2) is 110 Å². The molecule has 0 aromatic heterocycles. The molecular weight excluding hydrogens is 496 g/mol. The fourth-order valence-electron chi connectivity index (χ4n) is 5.59. The fraction of sp³-hybridized carbons (Fsp3) is 0.462. The van der Waals surface area contributed by atoms with Crippen molar-refractivity contribution in [2.24, 2.45) is 0 Å². The standard InChI is InChI=1S/C26H32N4O8/c1-29(2,35)17-11-37-9-15(17)27-13-5-6-14(28-16-10-38-12-18(16)30(3,4)36)22-21(13)25(33)23-19(31)7-8-20(32)24(23)26(22)34/h5-8,15-18,27-28,31-32H,9-12H2,1-4H3. The first kappa shape index (κ1) is 26.4. The van der Waals surface area contributed by atoms with Gasteiger partial charge >= 0.3 is 0 Å². The second-order valence-electron chi connectivity index (χ2n) is 11.0. The Morgan fingerprint density at radius 1 is 0.684 bits per heavy atom. The summed E-state index contributed by atoms with van der Waals surface area (Å²) in [4.78, 5) is 27.7. The van der Waals surface area contributed by atoms with E-state index in [0.29, 0.717) is 11.4 Å². The number of likely N-dealkylation sites (N-methyl/N-ethyl adjacent to an activating group) is 2. The minimum atomic E-state index is -0.653. The van der Waals surface area contributed by atoms with E-state index >= 15 is 0 Å². The largest absolute Gasteiger partial charge is 0.633 e. The number of anilines is 2. The van der Waals surface area contributed by atoms with Crippen LogP contribution in [0.4, 0.5) is 11.4 Å². The summed E-state index contributed by atoms with van der Waals surface area (Å²) in [6.45, 7) is 0.913. The molecule has 0 saturated carbocycles. The molecule has 0 radical (unpaired) electrons. The normalized spacial score (nSPS) is 25.3. The highest BCUT2D eigenvalue weighted by Crippen LogP contribution is 2.43. The molecule has 2 aliphatic heterocycles. The summed E-state index contributed by atoms with van der Waals surface area (Å²) in [5, 5.41) is 52.9. The number of ether oxygens (including phenoxy) is 2. The molecule has 4 N–H and O–H groups in total. The Labute approximate surface area is 219 Å². The summed E-state index contributed by atoms with van der Waals surface area (Å²) in [7, 11) is 6.05. The lowest BCUT2D eigenvalue weighted by molar-refractivity contribution is -0.865. The van der Waals surface area contributed by atoms with Gasteiger partial charge in [0.05, 0.1) is 63.7 Å². The summed E-state index contributed by atoms with van der Waals surface area (Å²) < 4.78 is 9.86. The van der Waals surface area contributed by atoms with Crippen molar-refractivity contribution in [2.45, 2.75) is 24.2 Å². The molecule has 38 heavy (non-hydrogen) atoms. The van der Waals surface area contributed by atoms with Gasteiger partial charge in [-0.25, -0.2) is 0 Å². The lowest BCUT2D eigenvalue weighted by Gasteiger charge is -2.42. The Kier molecular flexibility index (Phi) is 6.37. The van der Waals surface area contributed by atoms with Crippen molar-refractivity contribution in [3.63, 3.8) is 0 Å². The molecule has 2 saturated heterocycles. The minimum absolute atomic E-state index is 0.00148. The van der Waals surface area contributed by atoms with Crippen LogP contribution in [-0.2, 0) is 9.47 Å². The average Bonchev–Trinajstić information content (AvgIpc) is 3.49. The number of hydroxylamine groups is 6. The number of fused-ring (bicyclic) bond motifs is 2. The number of ketones is 2. The van der Waals surface area contributed by atoms with Gasteiger partial charge in [0.15, 0.2) is 0 Å². The van der Waals surface area contributed by atoms with Gasteiger partial charge in [0.2, 0.25) is 11.6 Å². The molecule has 5 rings (SSSR count). The Bertz CT molecular complexity index is 1200. The average molecular weight is 529 g/mol. The zero-order valence-corrected chi connectivity index (χ0v) is 21.7. The zero-order chi connectivity index (χ0) is 27.6. The number of benzene rings is 2. The van der Waals surface area contributed by atoms with Crippen LogP contribution in [0.2, 0.25) is 0 Å². The Morgan fingerprint density at radius 3 is 1.39 bits per heavy atom. The Hall–Kier alpha value is -3.26. The lowest BCUT2D eigenvalue weighted by Crippen LogP contribution is -2.52. The smallest absolute Gasteiger partial charge is 0.200 e. The third-order valence-corrected chi connectivity index (χ3v) is 7.66. The number of phenolic OH excluding ortho intramolecular Hbond substituents is 2. The van der Waals surface area contributed by atoms with Gasteiger partial charge in [-0.15, -0.1) is 0 Å². The van der Waals surface area contributed by atoms with Crippen molar-refractivity contribution in [2.75, 3.05) is 65.3 Å². The quantitative estimate of drug-likeness (QED) is 0.209.